The molecule has 28 heavy (non-hydrogen) atoms. The Hall–Kier alpha value is -2.40. The Kier molecular flexibility index (Phi) is 6.35. The Morgan fingerprint density at radius 2 is 1.89 bits per heavy atom. The van der Waals surface area contributed by atoms with Gasteiger partial charge in [0, 0.05) is 30.7 Å². The summed E-state index contributed by atoms with van der Waals surface area (Å²) in [6.07, 6.45) is 7.85. The van der Waals surface area contributed by atoms with Crippen LogP contribution in [-0.2, 0) is 17.6 Å². The first kappa shape index (κ1) is 20.3. The van der Waals surface area contributed by atoms with E-state index in [0.717, 1.165) is 30.5 Å². The van der Waals surface area contributed by atoms with Gasteiger partial charge in [-0.1, -0.05) is 48.4 Å². The van der Waals surface area contributed by atoms with Crippen LogP contribution in [0.15, 0.2) is 39.9 Å². The Morgan fingerprint density at radius 3 is 2.46 bits per heavy atom. The molecule has 2 atom stereocenters. The molecule has 0 radical (unpaired) electrons. The number of hydrogen-bond donors (Lipinski definition) is 1. The third-order valence-corrected chi connectivity index (χ3v) is 5.57. The number of nitrogens with zero attached hydrogens (tertiary/aromatic N) is 1. The first-order chi connectivity index (χ1) is 13.4. The van der Waals surface area contributed by atoms with Crippen LogP contribution in [0.4, 0.5) is 0 Å². The van der Waals surface area contributed by atoms with Crippen LogP contribution in [0.25, 0.3) is 0 Å². The fourth-order valence-corrected chi connectivity index (χ4v) is 4.41. The van der Waals surface area contributed by atoms with Gasteiger partial charge in [-0.3, -0.25) is 14.3 Å². The molecule has 0 bridgehead atoms. The molecule has 5 heteroatoms. The third kappa shape index (κ3) is 4.20. The van der Waals surface area contributed by atoms with Crippen LogP contribution in [0, 0.1) is 19.8 Å². The molecule has 2 aromatic rings. The van der Waals surface area contributed by atoms with Gasteiger partial charge in [0.25, 0.3) is 5.56 Å². The minimum atomic E-state index is -0.388. The van der Waals surface area contributed by atoms with Crippen molar-refractivity contribution in [2.75, 3.05) is 7.11 Å². The summed E-state index contributed by atoms with van der Waals surface area (Å²) in [6, 6.07) is 6.36. The lowest BCUT2D eigenvalue weighted by atomic mass is 9.92. The van der Waals surface area contributed by atoms with Crippen LogP contribution in [0.2, 0.25) is 0 Å². The van der Waals surface area contributed by atoms with Gasteiger partial charge < -0.3 is 4.74 Å². The molecule has 1 N–H and O–H groups in total. The summed E-state index contributed by atoms with van der Waals surface area (Å²) in [4.78, 5) is 28.0. The Morgan fingerprint density at radius 1 is 1.18 bits per heavy atom. The summed E-state index contributed by atoms with van der Waals surface area (Å²) in [7, 11) is 1.65. The summed E-state index contributed by atoms with van der Waals surface area (Å²) < 4.78 is 7.53. The number of H-pyrrole nitrogens is 1. The predicted octanol–water partition coefficient (Wildman–Crippen LogP) is 3.81. The number of allylic oxidation sites excluding steroid dienone is 2. The van der Waals surface area contributed by atoms with Gasteiger partial charge >= 0.3 is 5.69 Å². The minimum Gasteiger partial charge on any atom is -0.361 e. The fraction of sp³-hybridized carbons (Fsp3) is 0.478. The van der Waals surface area contributed by atoms with Gasteiger partial charge in [-0.05, 0) is 45.1 Å². The Bertz CT molecular complexity index is 964. The van der Waals surface area contributed by atoms with Crippen molar-refractivity contribution < 1.29 is 4.74 Å². The average molecular weight is 383 g/mol. The van der Waals surface area contributed by atoms with Crippen LogP contribution in [-0.4, -0.2) is 16.7 Å². The normalized spacial score (nSPS) is 17.6. The maximum atomic E-state index is 12.9. The van der Waals surface area contributed by atoms with Crippen molar-refractivity contribution in [3.63, 3.8) is 0 Å². The van der Waals surface area contributed by atoms with Crippen LogP contribution in [0.5, 0.6) is 0 Å². The van der Waals surface area contributed by atoms with Crippen molar-refractivity contribution in [3.8, 4) is 0 Å². The molecule has 0 spiro atoms. The van der Waals surface area contributed by atoms with Crippen molar-refractivity contribution in [2.45, 2.75) is 59.1 Å². The summed E-state index contributed by atoms with van der Waals surface area (Å²) in [5.74, 6) is 0.210. The van der Waals surface area contributed by atoms with E-state index in [2.05, 4.69) is 49.2 Å². The van der Waals surface area contributed by atoms with E-state index < -0.39 is 0 Å². The smallest absolute Gasteiger partial charge is 0.330 e. The molecule has 0 amide bonds. The van der Waals surface area contributed by atoms with E-state index in [1.165, 1.54) is 11.1 Å². The van der Waals surface area contributed by atoms with Crippen LogP contribution in [0.1, 0.15) is 60.4 Å². The number of aromatic nitrogens is 2. The van der Waals surface area contributed by atoms with Crippen molar-refractivity contribution in [1.29, 1.82) is 0 Å². The lowest BCUT2D eigenvalue weighted by Gasteiger charge is -2.31. The largest absolute Gasteiger partial charge is 0.361 e. The van der Waals surface area contributed by atoms with Gasteiger partial charge in [0.2, 0.25) is 0 Å². The number of methoxy groups -OCH3 is 1. The number of benzene rings is 1. The molecule has 1 aromatic carbocycles. The second-order valence-electron chi connectivity index (χ2n) is 7.75. The molecular weight excluding hydrogens is 352 g/mol. The van der Waals surface area contributed by atoms with Gasteiger partial charge in [-0.2, -0.15) is 0 Å². The molecular formula is C23H30N2O3. The van der Waals surface area contributed by atoms with Gasteiger partial charge in [0.05, 0.1) is 0 Å². The van der Waals surface area contributed by atoms with Crippen LogP contribution >= 0.6 is 0 Å². The SMILES string of the molecule is CCc1c(Cc2cc(C)cc(C)c2)n(C(OC)C2CC=CCC2)c(=O)[nH]c1=O. The molecule has 1 heterocycles. The molecule has 1 aliphatic carbocycles. The maximum absolute atomic E-state index is 12.9. The highest BCUT2D eigenvalue weighted by atomic mass is 16.5. The van der Waals surface area contributed by atoms with E-state index in [9.17, 15) is 9.59 Å². The van der Waals surface area contributed by atoms with Crippen molar-refractivity contribution in [1.82, 2.24) is 9.55 Å². The van der Waals surface area contributed by atoms with E-state index in [1.54, 1.807) is 11.7 Å². The van der Waals surface area contributed by atoms with Crippen molar-refractivity contribution in [3.05, 3.63) is 79.1 Å². The lowest BCUT2D eigenvalue weighted by Crippen LogP contribution is -2.40. The number of aromatic amines is 1. The molecule has 5 nitrogen and oxygen atoms in total. The summed E-state index contributed by atoms with van der Waals surface area (Å²) in [5, 5.41) is 0. The van der Waals surface area contributed by atoms with Gasteiger partial charge in [-0.15, -0.1) is 0 Å². The highest BCUT2D eigenvalue weighted by Gasteiger charge is 2.28. The Labute approximate surface area is 166 Å². The maximum Gasteiger partial charge on any atom is 0.330 e. The zero-order chi connectivity index (χ0) is 20.3. The molecule has 2 unspecified atom stereocenters. The second-order valence-corrected chi connectivity index (χ2v) is 7.75. The number of aryl methyl sites for hydroxylation is 2. The summed E-state index contributed by atoms with van der Waals surface area (Å²) in [6.45, 7) is 6.08. The van der Waals surface area contributed by atoms with Gasteiger partial charge in [-0.25, -0.2) is 4.79 Å². The quantitative estimate of drug-likeness (QED) is 0.773. The molecule has 0 aliphatic heterocycles. The molecule has 0 fully saturated rings. The van der Waals surface area contributed by atoms with Gasteiger partial charge in [0.15, 0.2) is 0 Å². The molecule has 1 aromatic heterocycles. The topological polar surface area (TPSA) is 64.1 Å². The molecule has 150 valence electrons. The fourth-order valence-electron chi connectivity index (χ4n) is 4.41. The molecule has 0 saturated heterocycles. The number of rotatable bonds is 6. The summed E-state index contributed by atoms with van der Waals surface area (Å²) in [5.41, 5.74) is 4.20. The van der Waals surface area contributed by atoms with Crippen molar-refractivity contribution in [2.24, 2.45) is 5.92 Å². The first-order valence-corrected chi connectivity index (χ1v) is 10.1. The molecule has 3 rings (SSSR count). The second kappa shape index (κ2) is 8.74. The van der Waals surface area contributed by atoms with E-state index >= 15 is 0 Å². The monoisotopic (exact) mass is 382 g/mol. The number of ether oxygens (including phenoxy) is 1. The number of nitrogens with one attached hydrogen (secondary N) is 1. The van der Waals surface area contributed by atoms with Crippen LogP contribution in [0.3, 0.4) is 0 Å². The molecule has 1 aliphatic rings. The first-order valence-electron chi connectivity index (χ1n) is 10.1. The van der Waals surface area contributed by atoms with Crippen molar-refractivity contribution >= 4 is 0 Å². The van der Waals surface area contributed by atoms with E-state index in [0.29, 0.717) is 18.4 Å². The summed E-state index contributed by atoms with van der Waals surface area (Å²) >= 11 is 0. The highest BCUT2D eigenvalue weighted by Crippen LogP contribution is 2.31. The minimum absolute atomic E-state index is 0.210. The zero-order valence-corrected chi connectivity index (χ0v) is 17.2. The van der Waals surface area contributed by atoms with Crippen LogP contribution < -0.4 is 11.2 Å². The Balaban J connectivity index is 2.16. The van der Waals surface area contributed by atoms with Gasteiger partial charge in [0.1, 0.15) is 6.23 Å². The number of hydrogen-bond acceptors (Lipinski definition) is 3. The lowest BCUT2D eigenvalue weighted by molar-refractivity contribution is -0.0144. The molecule has 0 saturated carbocycles. The van der Waals surface area contributed by atoms with E-state index in [-0.39, 0.29) is 23.4 Å². The highest BCUT2D eigenvalue weighted by molar-refractivity contribution is 5.33. The van der Waals surface area contributed by atoms with E-state index in [4.69, 9.17) is 4.74 Å². The average Bonchev–Trinajstić information content (AvgIpc) is 2.65. The van der Waals surface area contributed by atoms with E-state index in [1.807, 2.05) is 6.92 Å². The third-order valence-electron chi connectivity index (χ3n) is 5.57. The standard InChI is InChI=1S/C23H30N2O3/c1-5-19-20(14-17-12-15(2)11-16(3)13-17)25(23(27)24-21(19)26)22(28-4)18-9-7-6-8-10-18/h6-7,11-13,18,22H,5,8-10,14H2,1-4H3,(H,24,26,27). The zero-order valence-electron chi connectivity index (χ0n) is 17.2. The predicted molar refractivity (Wildman–Crippen MR) is 112 cm³/mol.